The molecule has 1 unspecified atom stereocenters. The Labute approximate surface area is 172 Å². The molecule has 29 heavy (non-hydrogen) atoms. The zero-order valence-corrected chi connectivity index (χ0v) is 17.2. The van der Waals surface area contributed by atoms with Crippen molar-refractivity contribution in [2.24, 2.45) is 5.92 Å². The molecule has 4 N–H and O–H groups in total. The van der Waals surface area contributed by atoms with E-state index in [0.29, 0.717) is 35.1 Å². The Kier molecular flexibility index (Phi) is 6.95. The van der Waals surface area contributed by atoms with Crippen LogP contribution in [0.5, 0.6) is 11.5 Å². The van der Waals surface area contributed by atoms with Gasteiger partial charge in [-0.25, -0.2) is 4.98 Å². The number of nitrogen functional groups attached to an aromatic ring is 1. The Morgan fingerprint density at radius 1 is 1.41 bits per heavy atom. The summed E-state index contributed by atoms with van der Waals surface area (Å²) in [7, 11) is 0. The summed E-state index contributed by atoms with van der Waals surface area (Å²) in [5, 5.41) is 23.6. The quantitative estimate of drug-likeness (QED) is 0.608. The summed E-state index contributed by atoms with van der Waals surface area (Å²) in [4.78, 5) is 4.44. The van der Waals surface area contributed by atoms with Crippen molar-refractivity contribution in [1.82, 2.24) is 10.3 Å². The molecule has 1 atom stereocenters. The summed E-state index contributed by atoms with van der Waals surface area (Å²) in [5.74, 6) is 1.69. The van der Waals surface area contributed by atoms with Crippen molar-refractivity contribution in [2.75, 3.05) is 25.4 Å². The molecule has 0 bridgehead atoms. The van der Waals surface area contributed by atoms with Crippen LogP contribution in [0.2, 0.25) is 0 Å². The van der Waals surface area contributed by atoms with Gasteiger partial charge >= 0.3 is 0 Å². The van der Waals surface area contributed by atoms with Crippen LogP contribution in [0, 0.1) is 17.2 Å². The third kappa shape index (κ3) is 4.99. The number of phenols is 1. The third-order valence-electron chi connectivity index (χ3n) is 5.37. The van der Waals surface area contributed by atoms with Gasteiger partial charge in [0.05, 0.1) is 23.4 Å². The van der Waals surface area contributed by atoms with Crippen LogP contribution in [0.1, 0.15) is 56.6 Å². The van der Waals surface area contributed by atoms with Gasteiger partial charge in [-0.2, -0.15) is 5.26 Å². The van der Waals surface area contributed by atoms with Crippen LogP contribution in [0.25, 0.3) is 11.3 Å². The van der Waals surface area contributed by atoms with Gasteiger partial charge in [-0.05, 0) is 67.8 Å². The van der Waals surface area contributed by atoms with Gasteiger partial charge in [-0.1, -0.05) is 19.9 Å². The zero-order valence-electron chi connectivity index (χ0n) is 17.2. The van der Waals surface area contributed by atoms with Crippen molar-refractivity contribution in [3.63, 3.8) is 0 Å². The second kappa shape index (κ2) is 9.62. The summed E-state index contributed by atoms with van der Waals surface area (Å²) in [6, 6.07) is 9.32. The zero-order chi connectivity index (χ0) is 20.8. The highest BCUT2D eigenvalue weighted by atomic mass is 16.5. The number of hydrogen-bond donors (Lipinski definition) is 3. The molecular weight excluding hydrogens is 364 g/mol. The van der Waals surface area contributed by atoms with Gasteiger partial charge in [-0.3, -0.25) is 0 Å². The van der Waals surface area contributed by atoms with Crippen molar-refractivity contribution in [3.05, 3.63) is 35.4 Å². The number of ether oxygens (including phenoxy) is 1. The maximum Gasteiger partial charge on any atom is 0.142 e. The number of aromatic hydroxyl groups is 1. The van der Waals surface area contributed by atoms with Crippen LogP contribution in [-0.2, 0) is 0 Å². The number of aromatic nitrogens is 1. The Hall–Kier alpha value is -2.78. The lowest BCUT2D eigenvalue weighted by Gasteiger charge is -2.25. The molecule has 1 aliphatic rings. The normalized spacial score (nSPS) is 16.6. The van der Waals surface area contributed by atoms with E-state index in [0.717, 1.165) is 44.3 Å². The monoisotopic (exact) mass is 394 g/mol. The number of nitrogens with two attached hydrogens (primary N) is 1. The van der Waals surface area contributed by atoms with Crippen LogP contribution in [-0.4, -0.2) is 29.8 Å². The molecule has 0 radical (unpaired) electrons. The molecule has 1 saturated heterocycles. The number of piperidine rings is 1. The Bertz CT molecular complexity index is 883. The van der Waals surface area contributed by atoms with Gasteiger partial charge in [0.2, 0.25) is 0 Å². The smallest absolute Gasteiger partial charge is 0.142 e. The highest BCUT2D eigenvalue weighted by molar-refractivity contribution is 5.76. The summed E-state index contributed by atoms with van der Waals surface area (Å²) in [6.45, 7) is 6.73. The molecular formula is C23H30N4O2. The van der Waals surface area contributed by atoms with Crippen LogP contribution in [0.3, 0.4) is 0 Å². The minimum atomic E-state index is 0.0932. The summed E-state index contributed by atoms with van der Waals surface area (Å²) < 4.78 is 5.99. The predicted molar refractivity (Wildman–Crippen MR) is 115 cm³/mol. The summed E-state index contributed by atoms with van der Waals surface area (Å²) in [5.41, 5.74) is 8.54. The number of hydrogen-bond acceptors (Lipinski definition) is 6. The Morgan fingerprint density at radius 3 is 2.93 bits per heavy atom. The number of anilines is 1. The lowest BCUT2D eigenvalue weighted by Crippen LogP contribution is -2.29. The molecule has 6 heteroatoms. The SMILES string of the molecule is CC(C)CCCOc1cccc(O)c1-c1cc(C2CCCNC2)c(C#N)c(N)n1. The predicted octanol–water partition coefficient (Wildman–Crippen LogP) is 4.19. The first-order chi connectivity index (χ1) is 14.0. The maximum atomic E-state index is 10.6. The molecule has 1 aromatic carbocycles. The topological polar surface area (TPSA) is 104 Å². The third-order valence-corrected chi connectivity index (χ3v) is 5.37. The van der Waals surface area contributed by atoms with Crippen molar-refractivity contribution in [1.29, 1.82) is 5.26 Å². The van der Waals surface area contributed by atoms with Crippen molar-refractivity contribution < 1.29 is 9.84 Å². The lowest BCUT2D eigenvalue weighted by atomic mass is 9.88. The van der Waals surface area contributed by atoms with Crippen molar-refractivity contribution in [2.45, 2.75) is 45.4 Å². The number of nitrogens with one attached hydrogen (secondary N) is 1. The fourth-order valence-electron chi connectivity index (χ4n) is 3.85. The number of benzene rings is 1. The van der Waals surface area contributed by atoms with E-state index in [1.165, 1.54) is 0 Å². The molecule has 1 fully saturated rings. The standard InChI is InChI=1S/C23H30N4O2/c1-15(2)6-5-11-29-21-9-3-8-20(28)22(21)19-12-17(16-7-4-10-26-14-16)18(13-24)23(25)27-19/h3,8-9,12,15-16,26,28H,4-7,10-11,14H2,1-2H3,(H2,25,27). The van der Waals surface area contributed by atoms with Crippen molar-refractivity contribution in [3.8, 4) is 28.8 Å². The fourth-order valence-corrected chi connectivity index (χ4v) is 3.85. The minimum absolute atomic E-state index is 0.0932. The van der Waals surface area contributed by atoms with Crippen LogP contribution in [0.4, 0.5) is 5.82 Å². The van der Waals surface area contributed by atoms with E-state index in [4.69, 9.17) is 10.5 Å². The summed E-state index contributed by atoms with van der Waals surface area (Å²) in [6.07, 6.45) is 4.06. The van der Waals surface area contributed by atoms with E-state index < -0.39 is 0 Å². The molecule has 3 rings (SSSR count). The number of pyridine rings is 1. The molecule has 1 aromatic heterocycles. The van der Waals surface area contributed by atoms with Crippen molar-refractivity contribution >= 4 is 5.82 Å². The first-order valence-corrected chi connectivity index (χ1v) is 10.4. The number of rotatable bonds is 7. The highest BCUT2D eigenvalue weighted by Crippen LogP contribution is 2.40. The van der Waals surface area contributed by atoms with E-state index in [1.807, 2.05) is 12.1 Å². The number of nitrogens with zero attached hydrogens (tertiary/aromatic N) is 2. The molecule has 0 spiro atoms. The number of phenolic OH excluding ortho intramolecular Hbond substituents is 1. The van der Waals surface area contributed by atoms with E-state index in [1.54, 1.807) is 12.1 Å². The van der Waals surface area contributed by atoms with Gasteiger partial charge in [0.1, 0.15) is 23.4 Å². The average Bonchev–Trinajstić information content (AvgIpc) is 2.71. The van der Waals surface area contributed by atoms with Crippen LogP contribution < -0.4 is 15.8 Å². The summed E-state index contributed by atoms with van der Waals surface area (Å²) >= 11 is 0. The van der Waals surface area contributed by atoms with E-state index in [9.17, 15) is 10.4 Å². The molecule has 2 aromatic rings. The average molecular weight is 395 g/mol. The van der Waals surface area contributed by atoms with Gasteiger partial charge in [0.15, 0.2) is 0 Å². The molecule has 2 heterocycles. The fraction of sp³-hybridized carbons (Fsp3) is 0.478. The molecule has 0 amide bonds. The molecule has 1 aliphatic heterocycles. The largest absolute Gasteiger partial charge is 0.507 e. The first kappa shape index (κ1) is 20.9. The van der Waals surface area contributed by atoms with Gasteiger partial charge in [0.25, 0.3) is 0 Å². The second-order valence-electron chi connectivity index (χ2n) is 8.05. The number of nitriles is 1. The van der Waals surface area contributed by atoms with Crippen LogP contribution >= 0.6 is 0 Å². The maximum absolute atomic E-state index is 10.6. The first-order valence-electron chi connectivity index (χ1n) is 10.4. The highest BCUT2D eigenvalue weighted by Gasteiger charge is 2.23. The second-order valence-corrected chi connectivity index (χ2v) is 8.05. The van der Waals surface area contributed by atoms with Gasteiger partial charge in [-0.15, -0.1) is 0 Å². The molecule has 0 saturated carbocycles. The van der Waals surface area contributed by atoms with E-state index in [-0.39, 0.29) is 17.5 Å². The van der Waals surface area contributed by atoms with E-state index in [2.05, 4.69) is 30.2 Å². The molecule has 154 valence electrons. The lowest BCUT2D eigenvalue weighted by molar-refractivity contribution is 0.297. The van der Waals surface area contributed by atoms with Crippen LogP contribution in [0.15, 0.2) is 24.3 Å². The van der Waals surface area contributed by atoms with Gasteiger partial charge in [0, 0.05) is 6.54 Å². The molecule has 6 nitrogen and oxygen atoms in total. The minimum Gasteiger partial charge on any atom is -0.507 e. The Balaban J connectivity index is 1.97. The Morgan fingerprint density at radius 2 is 2.24 bits per heavy atom. The molecule has 0 aliphatic carbocycles. The van der Waals surface area contributed by atoms with E-state index >= 15 is 0 Å². The van der Waals surface area contributed by atoms with Gasteiger partial charge < -0.3 is 20.9 Å².